The van der Waals surface area contributed by atoms with Gasteiger partial charge in [0, 0.05) is 55.7 Å². The van der Waals surface area contributed by atoms with Gasteiger partial charge in [0.2, 0.25) is 11.7 Å². The Morgan fingerprint density at radius 3 is 2.68 bits per heavy atom. The highest BCUT2D eigenvalue weighted by Gasteiger charge is 2.26. The number of hydrogen-bond donors (Lipinski definition) is 2. The van der Waals surface area contributed by atoms with Gasteiger partial charge < -0.3 is 20.3 Å². The van der Waals surface area contributed by atoms with E-state index in [0.717, 1.165) is 54.4 Å². The standard InChI is InChI=1S/C20H28N6O2/c1-12-13(2)24-18(20(27)21-4)25-19(12)26-9-8-16(11-26)22-10-15-6-7-17(28-5)23-14(15)3/h6-7,16,22H,8-11H2,1-5H3,(H,21,27)/t16-/m1/s1. The van der Waals surface area contributed by atoms with Gasteiger partial charge in [-0.3, -0.25) is 4.79 Å². The van der Waals surface area contributed by atoms with Crippen LogP contribution >= 0.6 is 0 Å². The summed E-state index contributed by atoms with van der Waals surface area (Å²) in [6, 6.07) is 4.28. The third-order valence-electron chi connectivity index (χ3n) is 5.24. The van der Waals surface area contributed by atoms with Crippen molar-refractivity contribution in [3.8, 4) is 5.88 Å². The molecule has 1 amide bonds. The zero-order valence-corrected chi connectivity index (χ0v) is 17.2. The first kappa shape index (κ1) is 20.0. The molecule has 2 aromatic heterocycles. The number of methoxy groups -OCH3 is 1. The van der Waals surface area contributed by atoms with Crippen molar-refractivity contribution in [1.29, 1.82) is 0 Å². The Morgan fingerprint density at radius 2 is 2.00 bits per heavy atom. The van der Waals surface area contributed by atoms with Crippen molar-refractivity contribution in [2.75, 3.05) is 32.1 Å². The molecule has 1 fully saturated rings. The fourth-order valence-electron chi connectivity index (χ4n) is 3.38. The lowest BCUT2D eigenvalue weighted by molar-refractivity contribution is 0.0952. The second-order valence-corrected chi connectivity index (χ2v) is 7.07. The first-order chi connectivity index (χ1) is 13.4. The van der Waals surface area contributed by atoms with Crippen molar-refractivity contribution in [2.45, 2.75) is 39.8 Å². The molecule has 0 radical (unpaired) electrons. The van der Waals surface area contributed by atoms with Gasteiger partial charge in [-0.1, -0.05) is 6.07 Å². The van der Waals surface area contributed by atoms with E-state index in [1.54, 1.807) is 14.2 Å². The molecule has 2 N–H and O–H groups in total. The molecule has 0 bridgehead atoms. The fourth-order valence-corrected chi connectivity index (χ4v) is 3.38. The molecule has 0 aromatic carbocycles. The summed E-state index contributed by atoms with van der Waals surface area (Å²) in [5.74, 6) is 1.44. The molecule has 3 rings (SSSR count). The first-order valence-electron chi connectivity index (χ1n) is 9.49. The van der Waals surface area contributed by atoms with Gasteiger partial charge in [0.25, 0.3) is 5.91 Å². The van der Waals surface area contributed by atoms with Crippen LogP contribution in [-0.2, 0) is 6.54 Å². The summed E-state index contributed by atoms with van der Waals surface area (Å²) in [4.78, 5) is 27.5. The van der Waals surface area contributed by atoms with E-state index in [0.29, 0.717) is 11.9 Å². The second-order valence-electron chi connectivity index (χ2n) is 7.07. The van der Waals surface area contributed by atoms with Gasteiger partial charge >= 0.3 is 0 Å². The molecule has 2 aromatic rings. The fraction of sp³-hybridized carbons (Fsp3) is 0.500. The maximum Gasteiger partial charge on any atom is 0.288 e. The lowest BCUT2D eigenvalue weighted by Crippen LogP contribution is -2.33. The molecule has 8 heteroatoms. The van der Waals surface area contributed by atoms with Crippen molar-refractivity contribution in [2.24, 2.45) is 0 Å². The summed E-state index contributed by atoms with van der Waals surface area (Å²) in [7, 11) is 3.21. The number of aromatic nitrogens is 3. The molecular weight excluding hydrogens is 356 g/mol. The summed E-state index contributed by atoms with van der Waals surface area (Å²) in [5, 5.41) is 6.21. The number of rotatable bonds is 6. The van der Waals surface area contributed by atoms with E-state index in [1.165, 1.54) is 0 Å². The molecule has 0 saturated carbocycles. The Hall–Kier alpha value is -2.74. The average Bonchev–Trinajstić information content (AvgIpc) is 3.17. The lowest BCUT2D eigenvalue weighted by atomic mass is 10.2. The monoisotopic (exact) mass is 384 g/mol. The van der Waals surface area contributed by atoms with Gasteiger partial charge in [-0.05, 0) is 32.8 Å². The van der Waals surface area contributed by atoms with Crippen LogP contribution in [0.5, 0.6) is 5.88 Å². The Bertz CT molecular complexity index is 870. The van der Waals surface area contributed by atoms with Gasteiger partial charge in [0.1, 0.15) is 5.82 Å². The van der Waals surface area contributed by atoms with E-state index in [2.05, 4.69) is 36.6 Å². The topological polar surface area (TPSA) is 92.3 Å². The van der Waals surface area contributed by atoms with Crippen molar-refractivity contribution in [3.63, 3.8) is 0 Å². The minimum Gasteiger partial charge on any atom is -0.481 e. The summed E-state index contributed by atoms with van der Waals surface area (Å²) in [5.41, 5.74) is 3.98. The van der Waals surface area contributed by atoms with Crippen molar-refractivity contribution in [1.82, 2.24) is 25.6 Å². The predicted octanol–water partition coefficient (Wildman–Crippen LogP) is 1.53. The Morgan fingerprint density at radius 1 is 1.21 bits per heavy atom. The summed E-state index contributed by atoms with van der Waals surface area (Å²) in [6.45, 7) is 8.40. The number of aryl methyl sites for hydroxylation is 2. The zero-order chi connectivity index (χ0) is 20.3. The highest BCUT2D eigenvalue weighted by molar-refractivity contribution is 5.90. The number of nitrogens with one attached hydrogen (secondary N) is 2. The molecule has 3 heterocycles. The molecule has 0 unspecified atom stereocenters. The molecule has 0 spiro atoms. The first-order valence-corrected chi connectivity index (χ1v) is 9.49. The van der Waals surface area contributed by atoms with Gasteiger partial charge in [-0.25, -0.2) is 15.0 Å². The molecule has 1 aliphatic rings. The minimum absolute atomic E-state index is 0.219. The van der Waals surface area contributed by atoms with Crippen LogP contribution in [0.4, 0.5) is 5.82 Å². The van der Waals surface area contributed by atoms with E-state index in [4.69, 9.17) is 4.74 Å². The minimum atomic E-state index is -0.263. The SMILES string of the molecule is CNC(=O)c1nc(C)c(C)c(N2CC[C@@H](NCc3ccc(OC)nc3C)C2)n1. The number of hydrogen-bond acceptors (Lipinski definition) is 7. The number of ether oxygens (including phenoxy) is 1. The van der Waals surface area contributed by atoms with Crippen LogP contribution in [0.1, 0.15) is 39.6 Å². The summed E-state index contributed by atoms with van der Waals surface area (Å²) in [6.07, 6.45) is 1.01. The van der Waals surface area contributed by atoms with Crippen molar-refractivity contribution in [3.05, 3.63) is 40.5 Å². The lowest BCUT2D eigenvalue weighted by Gasteiger charge is -2.21. The number of amides is 1. The second kappa shape index (κ2) is 8.52. The zero-order valence-electron chi connectivity index (χ0n) is 17.2. The third kappa shape index (κ3) is 4.22. The molecule has 150 valence electrons. The van der Waals surface area contributed by atoms with Crippen LogP contribution in [0.3, 0.4) is 0 Å². The van der Waals surface area contributed by atoms with Crippen LogP contribution < -0.4 is 20.3 Å². The normalized spacial score (nSPS) is 16.3. The van der Waals surface area contributed by atoms with Gasteiger partial charge in [0.05, 0.1) is 7.11 Å². The van der Waals surface area contributed by atoms with Gasteiger partial charge in [-0.2, -0.15) is 0 Å². The van der Waals surface area contributed by atoms with Crippen LogP contribution in [-0.4, -0.2) is 54.1 Å². The van der Waals surface area contributed by atoms with Crippen molar-refractivity contribution >= 4 is 11.7 Å². The number of carbonyl (C=O) groups is 1. The number of carbonyl (C=O) groups excluding carboxylic acids is 1. The Balaban J connectivity index is 1.67. The van der Waals surface area contributed by atoms with Crippen LogP contribution in [0, 0.1) is 20.8 Å². The summed E-state index contributed by atoms with van der Waals surface area (Å²) < 4.78 is 5.17. The molecule has 1 aliphatic heterocycles. The smallest absolute Gasteiger partial charge is 0.288 e. The predicted molar refractivity (Wildman–Crippen MR) is 108 cm³/mol. The van der Waals surface area contributed by atoms with Crippen LogP contribution in [0.2, 0.25) is 0 Å². The molecule has 1 atom stereocenters. The maximum absolute atomic E-state index is 12.0. The van der Waals surface area contributed by atoms with Gasteiger partial charge in [0.15, 0.2) is 0 Å². The van der Waals surface area contributed by atoms with E-state index >= 15 is 0 Å². The van der Waals surface area contributed by atoms with Crippen LogP contribution in [0.25, 0.3) is 0 Å². The van der Waals surface area contributed by atoms with E-state index in [1.807, 2.05) is 26.8 Å². The van der Waals surface area contributed by atoms with Crippen molar-refractivity contribution < 1.29 is 9.53 Å². The summed E-state index contributed by atoms with van der Waals surface area (Å²) >= 11 is 0. The van der Waals surface area contributed by atoms with Crippen LogP contribution in [0.15, 0.2) is 12.1 Å². The molecular formula is C20H28N6O2. The Labute approximate surface area is 165 Å². The van der Waals surface area contributed by atoms with E-state index < -0.39 is 0 Å². The molecule has 8 nitrogen and oxygen atoms in total. The van der Waals surface area contributed by atoms with E-state index in [9.17, 15) is 4.79 Å². The number of nitrogens with zero attached hydrogens (tertiary/aromatic N) is 4. The largest absolute Gasteiger partial charge is 0.481 e. The Kier molecular flexibility index (Phi) is 6.08. The molecule has 0 aliphatic carbocycles. The molecule has 28 heavy (non-hydrogen) atoms. The third-order valence-corrected chi connectivity index (χ3v) is 5.24. The number of pyridine rings is 1. The average molecular weight is 384 g/mol. The molecule has 1 saturated heterocycles. The van der Waals surface area contributed by atoms with E-state index in [-0.39, 0.29) is 11.7 Å². The highest BCUT2D eigenvalue weighted by Crippen LogP contribution is 2.24. The maximum atomic E-state index is 12.0. The quantitative estimate of drug-likeness (QED) is 0.780. The van der Waals surface area contributed by atoms with Gasteiger partial charge in [-0.15, -0.1) is 0 Å². The number of anilines is 1. The highest BCUT2D eigenvalue weighted by atomic mass is 16.5.